The lowest BCUT2D eigenvalue weighted by molar-refractivity contribution is -0.122. The molecule has 2 N–H and O–H groups in total. The molecule has 0 saturated carbocycles. The Balaban J connectivity index is 2.48. The van der Waals surface area contributed by atoms with Crippen LogP contribution in [-0.2, 0) is 11.2 Å². The minimum absolute atomic E-state index is 0.000864. The summed E-state index contributed by atoms with van der Waals surface area (Å²) in [5.74, 6) is -0.0250. The van der Waals surface area contributed by atoms with E-state index in [4.69, 9.17) is 5.11 Å². The molecule has 0 saturated heterocycles. The zero-order valence-corrected chi connectivity index (χ0v) is 12.0. The van der Waals surface area contributed by atoms with Gasteiger partial charge in [0.05, 0.1) is 19.2 Å². The van der Waals surface area contributed by atoms with Crippen LogP contribution in [0, 0.1) is 0 Å². The summed E-state index contributed by atoms with van der Waals surface area (Å²) in [6.07, 6.45) is 1.02. The smallest absolute Gasteiger partial charge is 0.234 e. The van der Waals surface area contributed by atoms with E-state index in [1.165, 1.54) is 5.56 Å². The Morgan fingerprint density at radius 2 is 2.00 bits per heavy atom. The fraction of sp³-hybridized carbons (Fsp3) is 0.533. The fourth-order valence-electron chi connectivity index (χ4n) is 1.91. The maximum atomic E-state index is 11.8. The van der Waals surface area contributed by atoms with E-state index in [2.05, 4.69) is 36.5 Å². The summed E-state index contributed by atoms with van der Waals surface area (Å²) in [7, 11) is 1.82. The van der Waals surface area contributed by atoms with Gasteiger partial charge in [0, 0.05) is 6.54 Å². The van der Waals surface area contributed by atoms with E-state index in [0.29, 0.717) is 13.1 Å². The number of aryl methyl sites for hydroxylation is 1. The van der Waals surface area contributed by atoms with Gasteiger partial charge in [-0.05, 0) is 31.5 Å². The van der Waals surface area contributed by atoms with E-state index in [0.717, 1.165) is 12.0 Å². The Hall–Kier alpha value is -1.39. The number of nitrogens with zero attached hydrogens (tertiary/aromatic N) is 1. The molecule has 19 heavy (non-hydrogen) atoms. The lowest BCUT2D eigenvalue weighted by Crippen LogP contribution is -2.37. The number of aliphatic hydroxyl groups is 1. The van der Waals surface area contributed by atoms with Crippen LogP contribution < -0.4 is 5.32 Å². The van der Waals surface area contributed by atoms with Gasteiger partial charge in [0.1, 0.15) is 0 Å². The van der Waals surface area contributed by atoms with Gasteiger partial charge in [0.25, 0.3) is 0 Å². The van der Waals surface area contributed by atoms with Crippen LogP contribution in [-0.4, -0.2) is 42.7 Å². The number of carbonyl (C=O) groups excluding carboxylic acids is 1. The van der Waals surface area contributed by atoms with Crippen molar-refractivity contribution in [3.05, 3.63) is 35.4 Å². The topological polar surface area (TPSA) is 52.6 Å². The Morgan fingerprint density at radius 3 is 2.53 bits per heavy atom. The molecule has 1 aromatic rings. The average Bonchev–Trinajstić information content (AvgIpc) is 2.38. The van der Waals surface area contributed by atoms with Crippen molar-refractivity contribution < 1.29 is 9.90 Å². The van der Waals surface area contributed by atoms with Crippen molar-refractivity contribution in [1.29, 1.82) is 0 Å². The summed E-state index contributed by atoms with van der Waals surface area (Å²) in [5.41, 5.74) is 2.40. The van der Waals surface area contributed by atoms with Gasteiger partial charge in [-0.15, -0.1) is 0 Å². The van der Waals surface area contributed by atoms with Crippen LogP contribution in [0.2, 0.25) is 0 Å². The highest BCUT2D eigenvalue weighted by atomic mass is 16.3. The summed E-state index contributed by atoms with van der Waals surface area (Å²) in [5, 5.41) is 11.7. The quantitative estimate of drug-likeness (QED) is 0.781. The maximum Gasteiger partial charge on any atom is 0.234 e. The molecule has 0 spiro atoms. The molecule has 0 radical (unpaired) electrons. The first-order chi connectivity index (χ1) is 9.06. The first kappa shape index (κ1) is 15.7. The zero-order valence-electron chi connectivity index (χ0n) is 12.0. The van der Waals surface area contributed by atoms with Gasteiger partial charge >= 0.3 is 0 Å². The first-order valence-electron chi connectivity index (χ1n) is 6.74. The van der Waals surface area contributed by atoms with Crippen molar-refractivity contribution in [2.24, 2.45) is 0 Å². The molecule has 106 valence electrons. The lowest BCUT2D eigenvalue weighted by atomic mass is 10.1. The normalized spacial score (nSPS) is 12.5. The SMILES string of the molecule is CCc1ccc(C(C)NC(=O)CN(C)CCO)cc1. The van der Waals surface area contributed by atoms with Crippen molar-refractivity contribution in [2.75, 3.05) is 26.7 Å². The van der Waals surface area contributed by atoms with Crippen molar-refractivity contribution in [2.45, 2.75) is 26.3 Å². The Bertz CT molecular complexity index is 390. The van der Waals surface area contributed by atoms with Crippen molar-refractivity contribution in [1.82, 2.24) is 10.2 Å². The predicted molar refractivity (Wildman–Crippen MR) is 77.0 cm³/mol. The molecule has 0 aliphatic rings. The van der Waals surface area contributed by atoms with Gasteiger partial charge in [-0.3, -0.25) is 9.69 Å². The van der Waals surface area contributed by atoms with Crippen LogP contribution in [0.1, 0.15) is 31.0 Å². The molecule has 1 atom stereocenters. The number of likely N-dealkylation sites (N-methyl/N-ethyl adjacent to an activating group) is 1. The lowest BCUT2D eigenvalue weighted by Gasteiger charge is -2.18. The molecule has 0 aliphatic carbocycles. The van der Waals surface area contributed by atoms with Gasteiger partial charge in [-0.25, -0.2) is 0 Å². The van der Waals surface area contributed by atoms with E-state index in [9.17, 15) is 4.79 Å². The highest BCUT2D eigenvalue weighted by molar-refractivity contribution is 5.78. The van der Waals surface area contributed by atoms with Crippen molar-refractivity contribution in [3.63, 3.8) is 0 Å². The predicted octanol–water partition coefficient (Wildman–Crippen LogP) is 1.35. The third-order valence-electron chi connectivity index (χ3n) is 3.16. The van der Waals surface area contributed by atoms with Crippen molar-refractivity contribution in [3.8, 4) is 0 Å². The molecule has 4 nitrogen and oxygen atoms in total. The van der Waals surface area contributed by atoms with Crippen molar-refractivity contribution >= 4 is 5.91 Å². The summed E-state index contributed by atoms with van der Waals surface area (Å²) < 4.78 is 0. The van der Waals surface area contributed by atoms with Gasteiger partial charge in [-0.1, -0.05) is 31.2 Å². The maximum absolute atomic E-state index is 11.8. The number of rotatable bonds is 7. The zero-order chi connectivity index (χ0) is 14.3. The van der Waals surface area contributed by atoms with E-state index in [-0.39, 0.29) is 18.6 Å². The van der Waals surface area contributed by atoms with Crippen LogP contribution in [0.5, 0.6) is 0 Å². The van der Waals surface area contributed by atoms with Crippen LogP contribution in [0.25, 0.3) is 0 Å². The Kier molecular flexibility index (Phi) is 6.53. The molecule has 1 aromatic carbocycles. The Labute approximate surface area is 115 Å². The number of nitrogens with one attached hydrogen (secondary N) is 1. The van der Waals surface area contributed by atoms with E-state index in [1.54, 1.807) is 4.90 Å². The van der Waals surface area contributed by atoms with E-state index < -0.39 is 0 Å². The number of benzene rings is 1. The second-order valence-corrected chi connectivity index (χ2v) is 4.85. The van der Waals surface area contributed by atoms with E-state index >= 15 is 0 Å². The molecule has 0 bridgehead atoms. The molecule has 1 amide bonds. The summed E-state index contributed by atoms with van der Waals surface area (Å²) in [6, 6.07) is 8.30. The minimum Gasteiger partial charge on any atom is -0.395 e. The molecule has 4 heteroatoms. The van der Waals surface area contributed by atoms with E-state index in [1.807, 2.05) is 14.0 Å². The molecule has 0 aliphatic heterocycles. The third-order valence-corrected chi connectivity index (χ3v) is 3.16. The second kappa shape index (κ2) is 7.92. The van der Waals surface area contributed by atoms with Gasteiger partial charge in [0.15, 0.2) is 0 Å². The first-order valence-corrected chi connectivity index (χ1v) is 6.74. The molecular weight excluding hydrogens is 240 g/mol. The number of hydrogen-bond donors (Lipinski definition) is 2. The summed E-state index contributed by atoms with van der Waals surface area (Å²) >= 11 is 0. The number of hydrogen-bond acceptors (Lipinski definition) is 3. The molecule has 1 unspecified atom stereocenters. The fourth-order valence-corrected chi connectivity index (χ4v) is 1.91. The minimum atomic E-state index is -0.0250. The molecule has 1 rings (SSSR count). The standard InChI is InChI=1S/C15H24N2O2/c1-4-13-5-7-14(8-6-13)12(2)16-15(19)11-17(3)9-10-18/h5-8,12,18H,4,9-11H2,1-3H3,(H,16,19). The van der Waals surface area contributed by atoms with Gasteiger partial charge in [0.2, 0.25) is 5.91 Å². The van der Waals surface area contributed by atoms with Crippen LogP contribution in [0.3, 0.4) is 0 Å². The Morgan fingerprint density at radius 1 is 1.37 bits per heavy atom. The molecule has 0 heterocycles. The van der Waals surface area contributed by atoms with Crippen LogP contribution in [0.15, 0.2) is 24.3 Å². The molecular formula is C15H24N2O2. The van der Waals surface area contributed by atoms with Crippen LogP contribution in [0.4, 0.5) is 0 Å². The third kappa shape index (κ3) is 5.41. The molecule has 0 fully saturated rings. The average molecular weight is 264 g/mol. The summed E-state index contributed by atoms with van der Waals surface area (Å²) in [6.45, 7) is 4.98. The highest BCUT2D eigenvalue weighted by Crippen LogP contribution is 2.13. The summed E-state index contributed by atoms with van der Waals surface area (Å²) in [4.78, 5) is 13.6. The molecule has 0 aromatic heterocycles. The largest absolute Gasteiger partial charge is 0.395 e. The van der Waals surface area contributed by atoms with Crippen LogP contribution >= 0.6 is 0 Å². The highest BCUT2D eigenvalue weighted by Gasteiger charge is 2.11. The number of carbonyl (C=O) groups is 1. The van der Waals surface area contributed by atoms with Gasteiger partial charge in [-0.2, -0.15) is 0 Å². The number of amides is 1. The number of aliphatic hydroxyl groups excluding tert-OH is 1. The van der Waals surface area contributed by atoms with Gasteiger partial charge < -0.3 is 10.4 Å². The second-order valence-electron chi connectivity index (χ2n) is 4.85. The monoisotopic (exact) mass is 264 g/mol.